The molecule has 0 aliphatic carbocycles. The summed E-state index contributed by atoms with van der Waals surface area (Å²) in [5.74, 6) is -0.272. The van der Waals surface area contributed by atoms with Gasteiger partial charge in [0.2, 0.25) is 5.75 Å². The minimum absolute atomic E-state index is 0.0110. The summed E-state index contributed by atoms with van der Waals surface area (Å²) in [6.07, 6.45) is 0. The summed E-state index contributed by atoms with van der Waals surface area (Å²) < 4.78 is 5.98. The van der Waals surface area contributed by atoms with E-state index in [9.17, 15) is 14.9 Å². The van der Waals surface area contributed by atoms with E-state index in [0.29, 0.717) is 4.47 Å². The molecule has 0 N–H and O–H groups in total. The molecule has 0 bridgehead atoms. The van der Waals surface area contributed by atoms with Crippen LogP contribution in [0.3, 0.4) is 0 Å². The molecule has 5 nitrogen and oxygen atoms in total. The zero-order valence-corrected chi connectivity index (χ0v) is 12.9. The Morgan fingerprint density at radius 1 is 1.50 bits per heavy atom. The molecule has 0 saturated carbocycles. The number of carbonyl (C=O) groups excluding carboxylic acids is 1. The van der Waals surface area contributed by atoms with E-state index >= 15 is 0 Å². The highest BCUT2D eigenvalue weighted by molar-refractivity contribution is 9.10. The van der Waals surface area contributed by atoms with Gasteiger partial charge in [0, 0.05) is 10.5 Å². The van der Waals surface area contributed by atoms with Crippen LogP contribution in [0.4, 0.5) is 5.69 Å². The standard InChI is InChI=1S/C13H10BrNO4S/c1-8(16)11-4-10(14)5-12(15(17)18)13(11)19-6-9-2-3-20-7-9/h2-5,7H,6H2,1H3. The third-order valence-electron chi connectivity index (χ3n) is 2.57. The van der Waals surface area contributed by atoms with Gasteiger partial charge in [-0.2, -0.15) is 11.3 Å². The first kappa shape index (κ1) is 14.7. The molecule has 1 aromatic carbocycles. The first-order chi connectivity index (χ1) is 9.49. The van der Waals surface area contributed by atoms with Crippen LogP contribution in [0.5, 0.6) is 5.75 Å². The fourth-order valence-corrected chi connectivity index (χ4v) is 2.76. The topological polar surface area (TPSA) is 69.4 Å². The van der Waals surface area contributed by atoms with Crippen molar-refractivity contribution in [2.24, 2.45) is 0 Å². The number of nitro groups is 1. The maximum absolute atomic E-state index is 11.6. The number of hydrogen-bond donors (Lipinski definition) is 0. The molecule has 2 rings (SSSR count). The van der Waals surface area contributed by atoms with E-state index in [1.54, 1.807) is 0 Å². The van der Waals surface area contributed by atoms with Crippen LogP contribution in [0.2, 0.25) is 0 Å². The second-order valence-corrected chi connectivity index (χ2v) is 5.73. The van der Waals surface area contributed by atoms with E-state index in [1.807, 2.05) is 16.8 Å². The van der Waals surface area contributed by atoms with Crippen LogP contribution >= 0.6 is 27.3 Å². The molecule has 0 radical (unpaired) electrons. The van der Waals surface area contributed by atoms with Gasteiger partial charge < -0.3 is 4.74 Å². The fraction of sp³-hybridized carbons (Fsp3) is 0.154. The number of hydrogen-bond acceptors (Lipinski definition) is 5. The molecule has 1 heterocycles. The zero-order chi connectivity index (χ0) is 14.7. The lowest BCUT2D eigenvalue weighted by Gasteiger charge is -2.10. The number of rotatable bonds is 5. The van der Waals surface area contributed by atoms with Crippen molar-refractivity contribution in [1.82, 2.24) is 0 Å². The number of thiophene rings is 1. The molecule has 0 saturated heterocycles. The third kappa shape index (κ3) is 3.23. The Hall–Kier alpha value is -1.73. The third-order valence-corrected chi connectivity index (χ3v) is 3.76. The van der Waals surface area contributed by atoms with Gasteiger partial charge in [0.15, 0.2) is 5.78 Å². The van der Waals surface area contributed by atoms with Crippen molar-refractivity contribution in [3.63, 3.8) is 0 Å². The number of ketones is 1. The molecule has 0 atom stereocenters. The van der Waals surface area contributed by atoms with Gasteiger partial charge in [-0.3, -0.25) is 14.9 Å². The molecule has 0 fully saturated rings. The predicted octanol–water partition coefficient (Wildman–Crippen LogP) is 4.20. The molecule has 2 aromatic rings. The molecule has 0 spiro atoms. The van der Waals surface area contributed by atoms with Crippen molar-refractivity contribution in [3.8, 4) is 5.75 Å². The van der Waals surface area contributed by atoms with Crippen molar-refractivity contribution in [3.05, 3.63) is 54.7 Å². The lowest BCUT2D eigenvalue weighted by Crippen LogP contribution is -2.05. The molecule has 1 aromatic heterocycles. The number of benzene rings is 1. The largest absolute Gasteiger partial charge is 0.481 e. The second kappa shape index (κ2) is 6.15. The average molecular weight is 356 g/mol. The summed E-state index contributed by atoms with van der Waals surface area (Å²) in [4.78, 5) is 22.2. The monoisotopic (exact) mass is 355 g/mol. The average Bonchev–Trinajstić information content (AvgIpc) is 2.89. The highest BCUT2D eigenvalue weighted by Gasteiger charge is 2.23. The molecule has 0 aliphatic rings. The number of ether oxygens (including phenoxy) is 1. The summed E-state index contributed by atoms with van der Waals surface area (Å²) >= 11 is 4.67. The smallest absolute Gasteiger partial charge is 0.312 e. The number of carbonyl (C=O) groups is 1. The molecular weight excluding hydrogens is 346 g/mol. The molecule has 104 valence electrons. The SMILES string of the molecule is CC(=O)c1cc(Br)cc([N+](=O)[O-])c1OCc1ccsc1. The van der Waals surface area contributed by atoms with E-state index in [2.05, 4.69) is 15.9 Å². The molecular formula is C13H10BrNO4S. The van der Waals surface area contributed by atoms with E-state index in [0.717, 1.165) is 5.56 Å². The minimum Gasteiger partial charge on any atom is -0.481 e. The Bertz CT molecular complexity index is 619. The number of Topliss-reactive ketones (excluding diaryl/α,β-unsaturated/α-hetero) is 1. The fourth-order valence-electron chi connectivity index (χ4n) is 1.66. The lowest BCUT2D eigenvalue weighted by molar-refractivity contribution is -0.386. The Balaban J connectivity index is 2.42. The van der Waals surface area contributed by atoms with Crippen molar-refractivity contribution in [2.45, 2.75) is 13.5 Å². The highest BCUT2D eigenvalue weighted by atomic mass is 79.9. The minimum atomic E-state index is -0.555. The second-order valence-electron chi connectivity index (χ2n) is 4.04. The van der Waals surface area contributed by atoms with Crippen molar-refractivity contribution in [2.75, 3.05) is 0 Å². The summed E-state index contributed by atoms with van der Waals surface area (Å²) in [5, 5.41) is 14.9. The van der Waals surface area contributed by atoms with Crippen molar-refractivity contribution in [1.29, 1.82) is 0 Å². The number of nitrogens with zero attached hydrogens (tertiary/aromatic N) is 1. The molecule has 0 amide bonds. The normalized spacial score (nSPS) is 10.3. The first-order valence-corrected chi connectivity index (χ1v) is 7.35. The molecule has 0 aliphatic heterocycles. The predicted molar refractivity (Wildman–Crippen MR) is 79.5 cm³/mol. The summed E-state index contributed by atoms with van der Waals surface area (Å²) in [7, 11) is 0. The zero-order valence-electron chi connectivity index (χ0n) is 10.5. The van der Waals surface area contributed by atoms with Gasteiger partial charge in [0.25, 0.3) is 0 Å². The van der Waals surface area contributed by atoms with Crippen LogP contribution in [0.25, 0.3) is 0 Å². The van der Waals surface area contributed by atoms with E-state index in [-0.39, 0.29) is 29.4 Å². The van der Waals surface area contributed by atoms with E-state index in [1.165, 1.54) is 30.4 Å². The van der Waals surface area contributed by atoms with Gasteiger partial charge >= 0.3 is 5.69 Å². The lowest BCUT2D eigenvalue weighted by atomic mass is 10.1. The van der Waals surface area contributed by atoms with Crippen molar-refractivity contribution >= 4 is 38.7 Å². The van der Waals surface area contributed by atoms with Gasteiger partial charge in [-0.25, -0.2) is 0 Å². The molecule has 7 heteroatoms. The molecule has 20 heavy (non-hydrogen) atoms. The van der Waals surface area contributed by atoms with E-state index < -0.39 is 4.92 Å². The van der Waals surface area contributed by atoms with Crippen LogP contribution in [-0.2, 0) is 6.61 Å². The van der Waals surface area contributed by atoms with Gasteiger partial charge in [0.05, 0.1) is 10.5 Å². The number of nitro benzene ring substituents is 1. The first-order valence-electron chi connectivity index (χ1n) is 5.62. The van der Waals surface area contributed by atoms with Gasteiger partial charge in [-0.15, -0.1) is 0 Å². The molecule has 0 unspecified atom stereocenters. The summed E-state index contributed by atoms with van der Waals surface area (Å²) in [6.45, 7) is 1.54. The maximum Gasteiger partial charge on any atom is 0.312 e. The van der Waals surface area contributed by atoms with Gasteiger partial charge in [-0.05, 0) is 35.4 Å². The Morgan fingerprint density at radius 3 is 2.80 bits per heavy atom. The Morgan fingerprint density at radius 2 is 2.25 bits per heavy atom. The van der Waals surface area contributed by atoms with Gasteiger partial charge in [0.1, 0.15) is 6.61 Å². The van der Waals surface area contributed by atoms with Gasteiger partial charge in [-0.1, -0.05) is 15.9 Å². The Kier molecular flexibility index (Phi) is 4.51. The highest BCUT2D eigenvalue weighted by Crippen LogP contribution is 2.35. The van der Waals surface area contributed by atoms with Crippen LogP contribution in [0.1, 0.15) is 22.8 Å². The number of halogens is 1. The van der Waals surface area contributed by atoms with Crippen LogP contribution < -0.4 is 4.74 Å². The maximum atomic E-state index is 11.6. The van der Waals surface area contributed by atoms with Crippen LogP contribution in [0, 0.1) is 10.1 Å². The van der Waals surface area contributed by atoms with Crippen molar-refractivity contribution < 1.29 is 14.5 Å². The van der Waals surface area contributed by atoms with E-state index in [4.69, 9.17) is 4.74 Å². The van der Waals surface area contributed by atoms with Crippen LogP contribution in [-0.4, -0.2) is 10.7 Å². The Labute approximate surface area is 127 Å². The van der Waals surface area contributed by atoms with Crippen LogP contribution in [0.15, 0.2) is 33.4 Å². The quantitative estimate of drug-likeness (QED) is 0.457. The summed E-state index contributed by atoms with van der Waals surface area (Å²) in [5.41, 5.74) is 0.878. The summed E-state index contributed by atoms with van der Waals surface area (Å²) in [6, 6.07) is 4.72.